The van der Waals surface area contributed by atoms with Gasteiger partial charge in [-0.2, -0.15) is 15.8 Å². The number of rotatable bonds is 4. The van der Waals surface area contributed by atoms with Crippen LogP contribution in [0.5, 0.6) is 0 Å². The fourth-order valence-electron chi connectivity index (χ4n) is 7.61. The van der Waals surface area contributed by atoms with Gasteiger partial charge in [-0.1, -0.05) is 85.0 Å². The molecule has 0 saturated heterocycles. The number of nitrogens with zero attached hydrogens (tertiary/aromatic N) is 5. The number of nitriles is 3. The summed E-state index contributed by atoms with van der Waals surface area (Å²) in [6.07, 6.45) is 9.16. The molecule has 2 aromatic heterocycles. The molecular weight excluding hydrogens is 623 g/mol. The smallest absolute Gasteiger partial charge is 0.101 e. The predicted octanol–water partition coefficient (Wildman–Crippen LogP) is 10.9. The molecule has 6 aromatic carbocycles. The highest BCUT2D eigenvalue weighted by molar-refractivity contribution is 6.11. The van der Waals surface area contributed by atoms with Crippen LogP contribution in [0.4, 0.5) is 0 Å². The van der Waals surface area contributed by atoms with E-state index >= 15 is 0 Å². The van der Waals surface area contributed by atoms with Crippen LogP contribution in [-0.2, 0) is 0 Å². The first kappa shape index (κ1) is 29.7. The lowest BCUT2D eigenvalue weighted by Gasteiger charge is -2.18. The van der Waals surface area contributed by atoms with E-state index in [1.807, 2.05) is 48.5 Å². The number of para-hydroxylation sites is 3. The van der Waals surface area contributed by atoms with Crippen LogP contribution in [-0.4, -0.2) is 9.13 Å². The second-order valence-corrected chi connectivity index (χ2v) is 12.7. The van der Waals surface area contributed by atoms with E-state index in [9.17, 15) is 15.8 Å². The van der Waals surface area contributed by atoms with Gasteiger partial charge in [0.15, 0.2) is 0 Å². The number of aromatic nitrogens is 2. The van der Waals surface area contributed by atoms with Crippen LogP contribution in [0.1, 0.15) is 34.2 Å². The summed E-state index contributed by atoms with van der Waals surface area (Å²) in [7, 11) is 0. The molecule has 0 amide bonds. The number of hydrogen-bond acceptors (Lipinski definition) is 3. The molecule has 0 saturated carbocycles. The first-order valence-corrected chi connectivity index (χ1v) is 16.7. The van der Waals surface area contributed by atoms with Crippen molar-refractivity contribution in [2.75, 3.05) is 0 Å². The van der Waals surface area contributed by atoms with Gasteiger partial charge in [0.05, 0.1) is 56.6 Å². The molecule has 0 bridgehead atoms. The van der Waals surface area contributed by atoms with Crippen LogP contribution in [0.25, 0.3) is 66.1 Å². The molecule has 1 aliphatic carbocycles. The summed E-state index contributed by atoms with van der Waals surface area (Å²) in [6, 6.07) is 49.8. The van der Waals surface area contributed by atoms with Gasteiger partial charge >= 0.3 is 0 Å². The number of hydrogen-bond donors (Lipinski definition) is 0. The fraction of sp³-hybridized carbons (Fsp3) is 0.0217. The van der Waals surface area contributed by atoms with E-state index in [4.69, 9.17) is 0 Å². The highest BCUT2D eigenvalue weighted by Gasteiger charge is 2.21. The van der Waals surface area contributed by atoms with Crippen LogP contribution < -0.4 is 0 Å². The van der Waals surface area contributed by atoms with E-state index in [2.05, 4.69) is 131 Å². The zero-order valence-corrected chi connectivity index (χ0v) is 27.4. The lowest BCUT2D eigenvalue weighted by molar-refractivity contribution is 1.15. The van der Waals surface area contributed by atoms with Crippen molar-refractivity contribution in [2.24, 2.45) is 0 Å². The van der Waals surface area contributed by atoms with Gasteiger partial charge < -0.3 is 9.13 Å². The molecule has 8 aromatic rings. The van der Waals surface area contributed by atoms with Crippen molar-refractivity contribution in [3.05, 3.63) is 180 Å². The average molecular weight is 650 g/mol. The quantitative estimate of drug-likeness (QED) is 0.190. The summed E-state index contributed by atoms with van der Waals surface area (Å²) in [4.78, 5) is 0. The topological polar surface area (TPSA) is 81.2 Å². The summed E-state index contributed by atoms with van der Waals surface area (Å²) in [5.41, 5.74) is 12.2. The van der Waals surface area contributed by atoms with E-state index in [1.165, 1.54) is 0 Å². The van der Waals surface area contributed by atoms with Crippen LogP contribution >= 0.6 is 0 Å². The van der Waals surface area contributed by atoms with Gasteiger partial charge in [-0.15, -0.1) is 0 Å². The fourth-order valence-corrected chi connectivity index (χ4v) is 7.61. The zero-order valence-electron chi connectivity index (χ0n) is 27.4. The van der Waals surface area contributed by atoms with Gasteiger partial charge in [0.25, 0.3) is 0 Å². The molecule has 0 aliphatic heterocycles. The Bertz CT molecular complexity index is 2840. The van der Waals surface area contributed by atoms with E-state index in [-0.39, 0.29) is 0 Å². The van der Waals surface area contributed by atoms with Crippen molar-refractivity contribution in [2.45, 2.75) is 6.42 Å². The van der Waals surface area contributed by atoms with Crippen LogP contribution in [0, 0.1) is 34.0 Å². The van der Waals surface area contributed by atoms with Crippen molar-refractivity contribution < 1.29 is 0 Å². The Balaban J connectivity index is 1.13. The molecule has 5 nitrogen and oxygen atoms in total. The maximum Gasteiger partial charge on any atom is 0.101 e. The highest BCUT2D eigenvalue weighted by atomic mass is 15.0. The van der Waals surface area contributed by atoms with Gasteiger partial charge in [0.1, 0.15) is 6.07 Å². The third-order valence-corrected chi connectivity index (χ3v) is 9.91. The second-order valence-electron chi connectivity index (χ2n) is 12.7. The van der Waals surface area contributed by atoms with E-state index in [0.717, 1.165) is 77.3 Å². The normalized spacial score (nSPS) is 12.7. The molecule has 9 rings (SSSR count). The molecule has 5 heteroatoms. The van der Waals surface area contributed by atoms with E-state index < -0.39 is 0 Å². The van der Waals surface area contributed by atoms with Gasteiger partial charge in [-0.3, -0.25) is 0 Å². The van der Waals surface area contributed by atoms with Crippen LogP contribution in [0.15, 0.2) is 152 Å². The Morgan fingerprint density at radius 2 is 1.04 bits per heavy atom. The molecule has 2 heterocycles. The molecule has 0 spiro atoms. The first-order valence-electron chi connectivity index (χ1n) is 16.7. The second kappa shape index (κ2) is 11.9. The van der Waals surface area contributed by atoms with Crippen molar-refractivity contribution in [1.82, 2.24) is 9.13 Å². The molecule has 51 heavy (non-hydrogen) atoms. The first-order chi connectivity index (χ1) is 25.2. The molecular formula is C46H27N5. The van der Waals surface area contributed by atoms with Gasteiger partial charge in [-0.05, 0) is 89.9 Å². The maximum absolute atomic E-state index is 10.4. The number of benzene rings is 6. The van der Waals surface area contributed by atoms with Gasteiger partial charge in [0.2, 0.25) is 0 Å². The Morgan fingerprint density at radius 1 is 0.471 bits per heavy atom. The minimum atomic E-state index is 0.582. The highest BCUT2D eigenvalue weighted by Crippen LogP contribution is 2.40. The molecule has 236 valence electrons. The van der Waals surface area contributed by atoms with Crippen molar-refractivity contribution in [1.29, 1.82) is 15.8 Å². The van der Waals surface area contributed by atoms with Crippen molar-refractivity contribution in [3.8, 4) is 29.6 Å². The Morgan fingerprint density at radius 3 is 1.63 bits per heavy atom. The molecule has 0 N–H and O–H groups in total. The Kier molecular flexibility index (Phi) is 6.96. The van der Waals surface area contributed by atoms with E-state index in [0.29, 0.717) is 23.1 Å². The summed E-state index contributed by atoms with van der Waals surface area (Å²) in [5, 5.41) is 33.8. The summed E-state index contributed by atoms with van der Waals surface area (Å²) in [6.45, 7) is 0. The number of allylic oxidation sites excluding steroid dienone is 6. The molecule has 1 aliphatic rings. The third-order valence-electron chi connectivity index (χ3n) is 9.91. The molecule has 0 unspecified atom stereocenters. The summed E-state index contributed by atoms with van der Waals surface area (Å²) in [5.74, 6) is 0. The van der Waals surface area contributed by atoms with Crippen molar-refractivity contribution in [3.63, 3.8) is 0 Å². The standard InChI is InChI=1S/C46H27N5/c47-27-30-16-22-44-40(24-30)41-25-31(28-48)17-23-45(41)50(44)36-20-18-32(19-21-36)33-8-1-2-9-34(26-33)37-13-7-10-35(29-49)46(37)51-42-14-5-3-11-38(42)39-12-4-6-15-43(39)51/h1-25H,26H2. The largest absolute Gasteiger partial charge is 0.309 e. The Labute approximate surface area is 294 Å². The molecule has 0 radical (unpaired) electrons. The summed E-state index contributed by atoms with van der Waals surface area (Å²) >= 11 is 0. The lowest BCUT2D eigenvalue weighted by atomic mass is 9.92. The SMILES string of the molecule is N#Cc1ccc2c(c1)c1cc(C#N)ccc1n2-c1ccc(C2=CC=CC=C(c3cccc(C#N)c3-n3c4ccccc4c4ccccc43)C2)cc1. The lowest BCUT2D eigenvalue weighted by Crippen LogP contribution is -2.03. The van der Waals surface area contributed by atoms with Crippen molar-refractivity contribution >= 4 is 54.8 Å². The average Bonchev–Trinajstić information content (AvgIpc) is 3.57. The number of fused-ring (bicyclic) bond motifs is 6. The van der Waals surface area contributed by atoms with Crippen LogP contribution in [0.2, 0.25) is 0 Å². The monoisotopic (exact) mass is 649 g/mol. The molecule has 0 fully saturated rings. The zero-order chi connectivity index (χ0) is 34.5. The third kappa shape index (κ3) is 4.75. The minimum Gasteiger partial charge on any atom is -0.309 e. The van der Waals surface area contributed by atoms with E-state index in [1.54, 1.807) is 0 Å². The van der Waals surface area contributed by atoms with Crippen LogP contribution in [0.3, 0.4) is 0 Å². The van der Waals surface area contributed by atoms with Gasteiger partial charge in [-0.25, -0.2) is 0 Å². The Hall–Kier alpha value is -7.39. The van der Waals surface area contributed by atoms with Gasteiger partial charge in [0, 0.05) is 32.8 Å². The predicted molar refractivity (Wildman–Crippen MR) is 205 cm³/mol. The minimum absolute atomic E-state index is 0.582. The summed E-state index contributed by atoms with van der Waals surface area (Å²) < 4.78 is 4.44. The maximum atomic E-state index is 10.4. The molecule has 0 atom stereocenters.